The quantitative estimate of drug-likeness (QED) is 0.0728. The van der Waals surface area contributed by atoms with Gasteiger partial charge >= 0.3 is 18.8 Å². The minimum Gasteiger partial charge on any atom is -0.488 e. The number of H-pyrrole nitrogens is 2. The van der Waals surface area contributed by atoms with Gasteiger partial charge in [-0.25, -0.2) is 19.6 Å². The maximum Gasteiger partial charge on any atom is 0.407 e. The number of amides is 3. The molecule has 4 aliphatic heterocycles. The van der Waals surface area contributed by atoms with Gasteiger partial charge in [-0.05, 0) is 70.7 Å². The van der Waals surface area contributed by atoms with Crippen LogP contribution in [0.5, 0.6) is 5.75 Å². The Kier molecular flexibility index (Phi) is 11.0. The number of halogens is 2. The number of carbonyl (C=O) groups excluding carboxylic acids is 3. The molecule has 6 heterocycles. The molecule has 66 heavy (non-hydrogen) atoms. The number of hydrogen-bond acceptors (Lipinski definition) is 10. The van der Waals surface area contributed by atoms with Crippen LogP contribution in [-0.2, 0) is 25.7 Å². The van der Waals surface area contributed by atoms with Gasteiger partial charge in [0.05, 0.1) is 54.3 Å². The largest absolute Gasteiger partial charge is 0.488 e. The number of likely N-dealkylation sites (tertiary alicyclic amines) is 1. The molecule has 0 radical (unpaired) electrons. The molecule has 3 fully saturated rings. The topological polar surface area (TPSA) is 204 Å². The second-order valence-corrected chi connectivity index (χ2v) is 18.0. The monoisotopic (exact) mass is 902 g/mol. The van der Waals surface area contributed by atoms with E-state index in [-0.39, 0.29) is 37.2 Å². The summed E-state index contributed by atoms with van der Waals surface area (Å²) in [5.41, 5.74) is 5.88. The number of aromatic amines is 2. The summed E-state index contributed by atoms with van der Waals surface area (Å²) in [5, 5.41) is 16.5. The molecule has 0 saturated carbocycles. The SMILES string of the molecule is COC(=O)N[C@H](C(=O)[C@]12C[C@H](c3ncc(-c4ccc5c(c4)COc4cc6c(ccc7[nH]c([C@@H]8C[C@H](COC(F)F)CN8C(=O)[C@H](NC(=O)O)c8ccccc8)nc76)cc4-5)[nH]3)CN1C2)C(C)C. The molecule has 0 spiro atoms. The number of Topliss-reactive ketones (excluding diaryl/α,β-unsaturated/α-hetero) is 1. The first-order valence-electron chi connectivity index (χ1n) is 22.0. The van der Waals surface area contributed by atoms with E-state index >= 15 is 0 Å². The number of nitrogens with zero attached hydrogens (tertiary/aromatic N) is 4. The summed E-state index contributed by atoms with van der Waals surface area (Å²) in [6, 6.07) is 20.0. The highest BCUT2D eigenvalue weighted by Crippen LogP contribution is 2.51. The molecule has 4 aliphatic rings. The number of alkyl carbamates (subject to hydrolysis) is 1. The van der Waals surface area contributed by atoms with Crippen molar-refractivity contribution in [1.82, 2.24) is 40.4 Å². The summed E-state index contributed by atoms with van der Waals surface area (Å²) in [5.74, 6) is 0.867. The summed E-state index contributed by atoms with van der Waals surface area (Å²) in [6.07, 6.45) is 0.695. The van der Waals surface area contributed by atoms with Gasteiger partial charge in [-0.3, -0.25) is 14.5 Å². The number of hydrogen-bond donors (Lipinski definition) is 5. The van der Waals surface area contributed by atoms with Gasteiger partial charge in [0.2, 0.25) is 0 Å². The van der Waals surface area contributed by atoms with Gasteiger partial charge in [-0.2, -0.15) is 8.78 Å². The number of alkyl halides is 2. The number of carboxylic acid groups (broad SMARTS) is 1. The highest BCUT2D eigenvalue weighted by atomic mass is 19.3. The fraction of sp³-hybridized carbons (Fsp3) is 0.375. The number of ketones is 1. The first-order valence-corrected chi connectivity index (χ1v) is 22.0. The van der Waals surface area contributed by atoms with Gasteiger partial charge < -0.3 is 44.8 Å². The highest BCUT2D eigenvalue weighted by molar-refractivity contribution is 6.07. The number of ether oxygens (including phenoxy) is 3. The third kappa shape index (κ3) is 7.76. The maximum atomic E-state index is 14.2. The zero-order valence-electron chi connectivity index (χ0n) is 36.3. The fourth-order valence-corrected chi connectivity index (χ4v) is 10.3. The lowest BCUT2D eigenvalue weighted by molar-refractivity contribution is -0.139. The molecule has 6 aromatic rings. The van der Waals surface area contributed by atoms with Crippen molar-refractivity contribution in [3.05, 3.63) is 102 Å². The Balaban J connectivity index is 0.895. The Bertz CT molecular complexity index is 2890. The molecule has 4 aromatic carbocycles. The van der Waals surface area contributed by atoms with E-state index in [1.54, 1.807) is 30.3 Å². The number of fused-ring (bicyclic) bond motifs is 7. The van der Waals surface area contributed by atoms with E-state index in [1.807, 2.05) is 44.3 Å². The first-order chi connectivity index (χ1) is 31.8. The molecule has 0 aliphatic carbocycles. The molecule has 18 heteroatoms. The average Bonchev–Trinajstić information content (AvgIpc) is 3.88. The van der Waals surface area contributed by atoms with Gasteiger partial charge in [-0.15, -0.1) is 0 Å². The van der Waals surface area contributed by atoms with E-state index in [2.05, 4.69) is 48.4 Å². The smallest absolute Gasteiger partial charge is 0.407 e. The lowest BCUT2D eigenvalue weighted by Gasteiger charge is -2.28. The van der Waals surface area contributed by atoms with E-state index in [0.29, 0.717) is 54.3 Å². The molecule has 5 N–H and O–H groups in total. The molecule has 16 nitrogen and oxygen atoms in total. The van der Waals surface area contributed by atoms with Gasteiger partial charge in [-0.1, -0.05) is 62.4 Å². The molecule has 10 rings (SSSR count). The summed E-state index contributed by atoms with van der Waals surface area (Å²) in [7, 11) is 1.29. The van der Waals surface area contributed by atoms with Crippen molar-refractivity contribution >= 4 is 45.7 Å². The van der Waals surface area contributed by atoms with Gasteiger partial charge in [0.15, 0.2) is 5.78 Å². The summed E-state index contributed by atoms with van der Waals surface area (Å²) in [4.78, 5) is 72.2. The zero-order chi connectivity index (χ0) is 46.0. The molecule has 0 bridgehead atoms. The van der Waals surface area contributed by atoms with E-state index in [9.17, 15) is 33.1 Å². The van der Waals surface area contributed by atoms with Gasteiger partial charge in [0, 0.05) is 42.4 Å². The minimum absolute atomic E-state index is 0.00413. The Morgan fingerprint density at radius 1 is 0.985 bits per heavy atom. The summed E-state index contributed by atoms with van der Waals surface area (Å²) in [6.45, 7) is 2.28. The predicted molar refractivity (Wildman–Crippen MR) is 237 cm³/mol. The Hall–Kier alpha value is -6.92. The third-order valence-electron chi connectivity index (χ3n) is 13.6. The van der Waals surface area contributed by atoms with Crippen LogP contribution in [0.25, 0.3) is 44.2 Å². The lowest BCUT2D eigenvalue weighted by Crippen LogP contribution is -2.50. The van der Waals surface area contributed by atoms with Crippen molar-refractivity contribution in [2.45, 2.75) is 69.5 Å². The number of imidazole rings is 2. The van der Waals surface area contributed by atoms with E-state index < -0.39 is 54.3 Å². The minimum atomic E-state index is -2.98. The van der Waals surface area contributed by atoms with Crippen LogP contribution in [0, 0.1) is 11.8 Å². The normalized spacial score (nSPS) is 22.7. The summed E-state index contributed by atoms with van der Waals surface area (Å²) >= 11 is 0. The number of rotatable bonds is 13. The van der Waals surface area contributed by atoms with Crippen molar-refractivity contribution in [2.75, 3.05) is 33.4 Å². The van der Waals surface area contributed by atoms with Crippen LogP contribution in [0.1, 0.15) is 67.5 Å². The molecule has 342 valence electrons. The van der Waals surface area contributed by atoms with E-state index in [1.165, 1.54) is 12.0 Å². The van der Waals surface area contributed by atoms with Crippen molar-refractivity contribution in [2.24, 2.45) is 11.8 Å². The number of methoxy groups -OCH3 is 1. The van der Waals surface area contributed by atoms with E-state index in [0.717, 1.165) is 44.5 Å². The molecule has 3 amide bonds. The zero-order valence-corrected chi connectivity index (χ0v) is 36.3. The molecule has 7 atom stereocenters. The second-order valence-electron chi connectivity index (χ2n) is 18.0. The maximum absolute atomic E-state index is 14.2. The Morgan fingerprint density at radius 3 is 2.56 bits per heavy atom. The number of aromatic nitrogens is 4. The van der Waals surface area contributed by atoms with Crippen molar-refractivity contribution in [3.63, 3.8) is 0 Å². The number of piperidine rings is 1. The Morgan fingerprint density at radius 2 is 1.80 bits per heavy atom. The van der Waals surface area contributed by atoms with Crippen LogP contribution in [0.4, 0.5) is 18.4 Å². The van der Waals surface area contributed by atoms with Crippen LogP contribution in [0.2, 0.25) is 0 Å². The van der Waals surface area contributed by atoms with E-state index in [4.69, 9.17) is 19.4 Å². The fourth-order valence-electron chi connectivity index (χ4n) is 10.3. The predicted octanol–water partition coefficient (Wildman–Crippen LogP) is 7.29. The van der Waals surface area contributed by atoms with Crippen LogP contribution in [0.15, 0.2) is 79.0 Å². The Labute approximate surface area is 377 Å². The average molecular weight is 903 g/mol. The molecular weight excluding hydrogens is 855 g/mol. The van der Waals surface area contributed by atoms with Crippen molar-refractivity contribution < 1.29 is 47.3 Å². The van der Waals surface area contributed by atoms with Crippen LogP contribution < -0.4 is 15.4 Å². The highest BCUT2D eigenvalue weighted by Gasteiger charge is 2.65. The van der Waals surface area contributed by atoms with Crippen LogP contribution >= 0.6 is 0 Å². The molecular formula is C48H48F2N8O8. The van der Waals surface area contributed by atoms with Crippen molar-refractivity contribution in [1.29, 1.82) is 0 Å². The summed E-state index contributed by atoms with van der Waals surface area (Å²) < 4.78 is 42.2. The standard InChI is InChI=1S/C48H48F2N8O8/c1-24(2)38(56-47(63)64-3)41(59)48-17-30(20-57(48)23-48)42-51-18-35(53-42)28-9-11-31-29(14-28)22-65-37-16-32-27(15-33(31)37)10-12-34-40(32)54-43(52-34)36-13-25(21-66-45(49)50)19-58(36)44(60)39(55-46(61)62)26-7-5-4-6-8-26/h4-12,14-16,18,24-25,30,36,38-39,45,55H,13,17,19-23H2,1-3H3,(H,51,53)(H,52,54)(H,56,63)(H,61,62)/t25-,30-,36-,38-,39+,48+,57?/m0/s1. The second kappa shape index (κ2) is 16.8. The van der Waals surface area contributed by atoms with Gasteiger partial charge in [0.25, 0.3) is 5.91 Å². The number of benzene rings is 4. The lowest BCUT2D eigenvalue weighted by atomic mass is 9.86. The van der Waals surface area contributed by atoms with Gasteiger partial charge in [0.1, 0.15) is 30.0 Å². The molecule has 1 unspecified atom stereocenters. The van der Waals surface area contributed by atoms with Crippen molar-refractivity contribution in [3.8, 4) is 28.1 Å². The molecule has 3 saturated heterocycles. The molecule has 2 aromatic heterocycles. The van der Waals surface area contributed by atoms with Crippen LogP contribution in [0.3, 0.4) is 0 Å². The van der Waals surface area contributed by atoms with Crippen LogP contribution in [-0.4, -0.2) is 110 Å². The number of nitrogens with one attached hydrogen (secondary N) is 4. The third-order valence-corrected chi connectivity index (χ3v) is 13.6. The number of carbonyl (C=O) groups is 4. The first kappa shape index (κ1) is 43.0.